The van der Waals surface area contributed by atoms with Crippen molar-refractivity contribution < 1.29 is 13.2 Å². The number of alkyl halides is 3. The minimum atomic E-state index is -4.07. The van der Waals surface area contributed by atoms with Crippen LogP contribution < -0.4 is 5.32 Å². The van der Waals surface area contributed by atoms with Crippen LogP contribution in [0.25, 0.3) is 0 Å². The van der Waals surface area contributed by atoms with Gasteiger partial charge in [0.05, 0.1) is 6.54 Å². The third-order valence-electron chi connectivity index (χ3n) is 3.21. The van der Waals surface area contributed by atoms with Gasteiger partial charge in [0.25, 0.3) is 0 Å². The van der Waals surface area contributed by atoms with Crippen LogP contribution in [0.4, 0.5) is 13.2 Å². The molecular formula is C12H25F3N4. The highest BCUT2D eigenvalue weighted by Gasteiger charge is 2.31. The summed E-state index contributed by atoms with van der Waals surface area (Å²) < 4.78 is 36.7. The molecule has 1 saturated heterocycles. The van der Waals surface area contributed by atoms with Gasteiger partial charge in [0, 0.05) is 52.4 Å². The second-order valence-corrected chi connectivity index (χ2v) is 5.29. The lowest BCUT2D eigenvalue weighted by molar-refractivity contribution is -0.149. The molecule has 0 amide bonds. The molecule has 7 heteroatoms. The van der Waals surface area contributed by atoms with Crippen LogP contribution in [0.5, 0.6) is 0 Å². The highest BCUT2D eigenvalue weighted by molar-refractivity contribution is 4.74. The molecule has 1 rings (SSSR count). The summed E-state index contributed by atoms with van der Waals surface area (Å²) in [5.41, 5.74) is 0. The zero-order chi connectivity index (χ0) is 14.3. The van der Waals surface area contributed by atoms with Crippen molar-refractivity contribution in [1.29, 1.82) is 0 Å². The van der Waals surface area contributed by atoms with Crippen LogP contribution in [-0.2, 0) is 0 Å². The van der Waals surface area contributed by atoms with Crippen LogP contribution in [0.2, 0.25) is 0 Å². The quantitative estimate of drug-likeness (QED) is 0.679. The molecule has 0 radical (unpaired) electrons. The van der Waals surface area contributed by atoms with Gasteiger partial charge in [-0.3, -0.25) is 9.80 Å². The third kappa shape index (κ3) is 8.41. The van der Waals surface area contributed by atoms with Crippen molar-refractivity contribution >= 4 is 0 Å². The van der Waals surface area contributed by atoms with Gasteiger partial charge in [0.15, 0.2) is 0 Å². The smallest absolute Gasteiger partial charge is 0.314 e. The van der Waals surface area contributed by atoms with Crippen LogP contribution in [0.15, 0.2) is 0 Å². The lowest BCUT2D eigenvalue weighted by atomic mass is 10.3. The maximum absolute atomic E-state index is 12.2. The number of rotatable bonds is 7. The minimum absolute atomic E-state index is 0.511. The molecule has 0 aromatic heterocycles. The first-order chi connectivity index (χ1) is 8.87. The fraction of sp³-hybridized carbons (Fsp3) is 1.00. The normalized spacial score (nSPS) is 19.3. The lowest BCUT2D eigenvalue weighted by Gasteiger charge is -2.35. The van der Waals surface area contributed by atoms with E-state index in [2.05, 4.69) is 15.1 Å². The highest BCUT2D eigenvalue weighted by Crippen LogP contribution is 2.17. The molecule has 0 spiro atoms. The third-order valence-corrected chi connectivity index (χ3v) is 3.21. The molecule has 19 heavy (non-hydrogen) atoms. The summed E-state index contributed by atoms with van der Waals surface area (Å²) in [6, 6.07) is 0. The first kappa shape index (κ1) is 16.7. The Balaban J connectivity index is 2.04. The van der Waals surface area contributed by atoms with Gasteiger partial charge in [-0.25, -0.2) is 0 Å². The van der Waals surface area contributed by atoms with Gasteiger partial charge >= 0.3 is 6.18 Å². The second kappa shape index (κ2) is 8.04. The fourth-order valence-electron chi connectivity index (χ4n) is 2.09. The summed E-state index contributed by atoms with van der Waals surface area (Å²) in [5, 5.41) is 3.34. The fourth-order valence-corrected chi connectivity index (χ4v) is 2.09. The van der Waals surface area contributed by atoms with E-state index >= 15 is 0 Å². The number of likely N-dealkylation sites (N-methyl/N-ethyl adjacent to an activating group) is 1. The van der Waals surface area contributed by atoms with Gasteiger partial charge in [-0.1, -0.05) is 0 Å². The van der Waals surface area contributed by atoms with Crippen LogP contribution >= 0.6 is 0 Å². The standard InChI is InChI=1S/C12H25F3N4/c1-17(2)5-3-16-4-6-18-7-9-19(10-8-18)11-12(13,14)15/h16H,3-11H2,1-2H3. The molecule has 4 nitrogen and oxygen atoms in total. The Labute approximate surface area is 113 Å². The van der Waals surface area contributed by atoms with Gasteiger partial charge in [-0.2, -0.15) is 13.2 Å². The summed E-state index contributed by atoms with van der Waals surface area (Å²) in [4.78, 5) is 5.81. The van der Waals surface area contributed by atoms with Crippen LogP contribution in [0.1, 0.15) is 0 Å². The zero-order valence-electron chi connectivity index (χ0n) is 11.8. The van der Waals surface area contributed by atoms with Gasteiger partial charge in [0.1, 0.15) is 0 Å². The van der Waals surface area contributed by atoms with E-state index < -0.39 is 12.7 Å². The number of hydrogen-bond donors (Lipinski definition) is 1. The molecule has 1 aliphatic rings. The van der Waals surface area contributed by atoms with Gasteiger partial charge in [0.2, 0.25) is 0 Å². The molecule has 1 fully saturated rings. The molecule has 114 valence electrons. The van der Waals surface area contributed by atoms with E-state index in [1.807, 2.05) is 14.1 Å². The molecule has 0 atom stereocenters. The molecule has 0 unspecified atom stereocenters. The lowest BCUT2D eigenvalue weighted by Crippen LogP contribution is -2.50. The molecule has 0 aromatic rings. The van der Waals surface area contributed by atoms with E-state index in [0.717, 1.165) is 39.3 Å². The Morgan fingerprint density at radius 1 is 1.00 bits per heavy atom. The molecule has 1 aliphatic heterocycles. The van der Waals surface area contributed by atoms with Crippen LogP contribution in [0, 0.1) is 0 Å². The van der Waals surface area contributed by atoms with Crippen molar-refractivity contribution in [3.63, 3.8) is 0 Å². The summed E-state index contributed by atoms with van der Waals surface area (Å²) in [7, 11) is 4.06. The molecule has 0 saturated carbocycles. The van der Waals surface area contributed by atoms with E-state index in [0.29, 0.717) is 13.1 Å². The van der Waals surface area contributed by atoms with Crippen LogP contribution in [0.3, 0.4) is 0 Å². The number of nitrogens with zero attached hydrogens (tertiary/aromatic N) is 3. The predicted molar refractivity (Wildman–Crippen MR) is 70.4 cm³/mol. The van der Waals surface area contributed by atoms with Crippen LogP contribution in [-0.4, -0.2) is 93.9 Å². The first-order valence-corrected chi connectivity index (χ1v) is 6.74. The van der Waals surface area contributed by atoms with Gasteiger partial charge in [-0.15, -0.1) is 0 Å². The van der Waals surface area contributed by atoms with Crippen molar-refractivity contribution in [1.82, 2.24) is 20.0 Å². The van der Waals surface area contributed by atoms with E-state index in [1.54, 1.807) is 0 Å². The van der Waals surface area contributed by atoms with E-state index in [4.69, 9.17) is 0 Å². The second-order valence-electron chi connectivity index (χ2n) is 5.29. The zero-order valence-corrected chi connectivity index (χ0v) is 11.8. The van der Waals surface area contributed by atoms with Crippen molar-refractivity contribution in [2.45, 2.75) is 6.18 Å². The molecule has 0 bridgehead atoms. The molecule has 1 heterocycles. The van der Waals surface area contributed by atoms with Crippen molar-refractivity contribution in [3.05, 3.63) is 0 Å². The Hall–Kier alpha value is -0.370. The highest BCUT2D eigenvalue weighted by atomic mass is 19.4. The Bertz CT molecular complexity index is 238. The Morgan fingerprint density at radius 3 is 2.11 bits per heavy atom. The van der Waals surface area contributed by atoms with E-state index in [-0.39, 0.29) is 0 Å². The van der Waals surface area contributed by atoms with E-state index in [1.165, 1.54) is 4.90 Å². The Kier molecular flexibility index (Phi) is 7.06. The molecule has 0 aliphatic carbocycles. The number of nitrogens with one attached hydrogen (secondary N) is 1. The first-order valence-electron chi connectivity index (χ1n) is 6.74. The largest absolute Gasteiger partial charge is 0.401 e. The number of hydrogen-bond acceptors (Lipinski definition) is 4. The van der Waals surface area contributed by atoms with Gasteiger partial charge in [-0.05, 0) is 14.1 Å². The summed E-state index contributed by atoms with van der Waals surface area (Å²) in [6.07, 6.45) is -4.07. The Morgan fingerprint density at radius 2 is 1.58 bits per heavy atom. The predicted octanol–water partition coefficient (Wildman–Crippen LogP) is 0.318. The summed E-state index contributed by atoms with van der Waals surface area (Å²) in [5.74, 6) is 0. The summed E-state index contributed by atoms with van der Waals surface area (Å²) >= 11 is 0. The maximum Gasteiger partial charge on any atom is 0.401 e. The topological polar surface area (TPSA) is 21.8 Å². The monoisotopic (exact) mass is 282 g/mol. The van der Waals surface area contributed by atoms with Crippen molar-refractivity contribution in [3.8, 4) is 0 Å². The number of halogens is 3. The summed E-state index contributed by atoms with van der Waals surface area (Å²) in [6.45, 7) is 5.45. The minimum Gasteiger partial charge on any atom is -0.314 e. The van der Waals surface area contributed by atoms with Crippen molar-refractivity contribution in [2.75, 3.05) is 73.0 Å². The number of piperazine rings is 1. The molecule has 0 aromatic carbocycles. The molecule has 1 N–H and O–H groups in total. The van der Waals surface area contributed by atoms with Gasteiger partial charge < -0.3 is 10.2 Å². The average Bonchev–Trinajstić information content (AvgIpc) is 2.28. The average molecular weight is 282 g/mol. The van der Waals surface area contributed by atoms with Crippen molar-refractivity contribution in [2.24, 2.45) is 0 Å². The maximum atomic E-state index is 12.2. The molecular weight excluding hydrogens is 257 g/mol. The SMILES string of the molecule is CN(C)CCNCCN1CCN(CC(F)(F)F)CC1. The van der Waals surface area contributed by atoms with E-state index in [9.17, 15) is 13.2 Å².